The third-order valence-electron chi connectivity index (χ3n) is 3.02. The Morgan fingerprint density at radius 3 is 2.60 bits per heavy atom. The molecule has 0 aliphatic rings. The Bertz CT molecular complexity index is 586. The smallest absolute Gasteiger partial charge is 0.159 e. The van der Waals surface area contributed by atoms with E-state index in [1.807, 2.05) is 6.07 Å². The van der Waals surface area contributed by atoms with E-state index in [2.05, 4.69) is 25.1 Å². The highest BCUT2D eigenvalue weighted by molar-refractivity contribution is 7.98. The molecule has 0 saturated carbocycles. The normalized spacial score (nSPS) is 12.4. The monoisotopic (exact) mass is 293 g/mol. The molecule has 0 amide bonds. The Kier molecular flexibility index (Phi) is 5.15. The summed E-state index contributed by atoms with van der Waals surface area (Å²) in [5.74, 6) is -0.159. The first kappa shape index (κ1) is 15.0. The van der Waals surface area contributed by atoms with Gasteiger partial charge in [0, 0.05) is 17.5 Å². The van der Waals surface area contributed by atoms with Gasteiger partial charge in [0.05, 0.1) is 0 Å². The molecule has 1 unspecified atom stereocenters. The molecular weight excluding hydrogens is 276 g/mol. The maximum Gasteiger partial charge on any atom is 0.159 e. The lowest BCUT2D eigenvalue weighted by Gasteiger charge is -2.12. The van der Waals surface area contributed by atoms with Crippen molar-refractivity contribution in [1.29, 1.82) is 0 Å². The van der Waals surface area contributed by atoms with Crippen LogP contribution in [0.25, 0.3) is 0 Å². The first-order chi connectivity index (χ1) is 9.56. The lowest BCUT2D eigenvalue weighted by atomic mass is 10.1. The van der Waals surface area contributed by atoms with Crippen LogP contribution in [0.1, 0.15) is 22.7 Å². The van der Waals surface area contributed by atoms with Crippen molar-refractivity contribution in [2.75, 3.05) is 5.75 Å². The predicted octanol–water partition coefficient (Wildman–Crippen LogP) is 4.21. The quantitative estimate of drug-likeness (QED) is 0.894. The Morgan fingerprint density at radius 1 is 1.10 bits per heavy atom. The number of hydrogen-bond donors (Lipinski definition) is 1. The van der Waals surface area contributed by atoms with Gasteiger partial charge in [-0.1, -0.05) is 35.9 Å². The third-order valence-corrected chi connectivity index (χ3v) is 4.15. The molecule has 0 spiro atoms. The summed E-state index contributed by atoms with van der Waals surface area (Å²) >= 11 is 1.69. The van der Waals surface area contributed by atoms with E-state index in [-0.39, 0.29) is 6.04 Å². The number of hydrogen-bond acceptors (Lipinski definition) is 2. The maximum absolute atomic E-state index is 13.1. The van der Waals surface area contributed by atoms with E-state index < -0.39 is 11.6 Å². The van der Waals surface area contributed by atoms with E-state index in [1.165, 1.54) is 23.3 Å². The summed E-state index contributed by atoms with van der Waals surface area (Å²) in [7, 11) is 0. The van der Waals surface area contributed by atoms with Crippen molar-refractivity contribution in [2.45, 2.75) is 18.7 Å². The third kappa shape index (κ3) is 4.05. The fraction of sp³-hybridized carbons (Fsp3) is 0.250. The molecule has 2 N–H and O–H groups in total. The summed E-state index contributed by atoms with van der Waals surface area (Å²) in [6.07, 6.45) is 0. The SMILES string of the molecule is Cc1cccc(CSCC(N)c2ccc(F)c(F)c2)c1. The largest absolute Gasteiger partial charge is 0.323 e. The summed E-state index contributed by atoms with van der Waals surface area (Å²) in [6, 6.07) is 11.8. The van der Waals surface area contributed by atoms with Gasteiger partial charge in [0.15, 0.2) is 11.6 Å². The number of halogens is 2. The molecule has 0 heterocycles. The fourth-order valence-electron chi connectivity index (χ4n) is 1.94. The average Bonchev–Trinajstić information content (AvgIpc) is 2.42. The summed E-state index contributed by atoms with van der Waals surface area (Å²) in [5.41, 5.74) is 9.10. The van der Waals surface area contributed by atoms with E-state index >= 15 is 0 Å². The minimum absolute atomic E-state index is 0.292. The number of thioether (sulfide) groups is 1. The number of nitrogens with two attached hydrogens (primary N) is 1. The highest BCUT2D eigenvalue weighted by Crippen LogP contribution is 2.21. The van der Waals surface area contributed by atoms with Crippen molar-refractivity contribution in [1.82, 2.24) is 0 Å². The van der Waals surface area contributed by atoms with Crippen LogP contribution in [0.2, 0.25) is 0 Å². The van der Waals surface area contributed by atoms with Gasteiger partial charge in [0.25, 0.3) is 0 Å². The molecule has 1 atom stereocenters. The van der Waals surface area contributed by atoms with Gasteiger partial charge < -0.3 is 5.73 Å². The highest BCUT2D eigenvalue weighted by Gasteiger charge is 2.09. The van der Waals surface area contributed by atoms with Crippen molar-refractivity contribution in [3.05, 3.63) is 70.8 Å². The van der Waals surface area contributed by atoms with Gasteiger partial charge in [0.2, 0.25) is 0 Å². The van der Waals surface area contributed by atoms with Crippen LogP contribution in [0.4, 0.5) is 8.78 Å². The molecule has 20 heavy (non-hydrogen) atoms. The minimum atomic E-state index is -0.846. The van der Waals surface area contributed by atoms with Crippen molar-refractivity contribution in [2.24, 2.45) is 5.73 Å². The molecule has 2 rings (SSSR count). The molecule has 0 saturated heterocycles. The van der Waals surface area contributed by atoms with E-state index in [0.29, 0.717) is 11.3 Å². The van der Waals surface area contributed by atoms with Crippen LogP contribution in [-0.4, -0.2) is 5.75 Å². The van der Waals surface area contributed by atoms with E-state index in [4.69, 9.17) is 5.73 Å². The fourth-order valence-corrected chi connectivity index (χ4v) is 2.92. The van der Waals surface area contributed by atoms with Crippen molar-refractivity contribution >= 4 is 11.8 Å². The van der Waals surface area contributed by atoms with Crippen LogP contribution in [0.3, 0.4) is 0 Å². The zero-order valence-electron chi connectivity index (χ0n) is 11.3. The standard InChI is InChI=1S/C16H17F2NS/c1-11-3-2-4-12(7-11)9-20-10-16(19)13-5-6-14(17)15(18)8-13/h2-8,16H,9-10,19H2,1H3. The molecule has 1 nitrogen and oxygen atoms in total. The maximum atomic E-state index is 13.1. The number of aryl methyl sites for hydroxylation is 1. The van der Waals surface area contributed by atoms with Gasteiger partial charge in [-0.3, -0.25) is 0 Å². The van der Waals surface area contributed by atoms with Crippen LogP contribution >= 0.6 is 11.8 Å². The van der Waals surface area contributed by atoms with Gasteiger partial charge in [-0.05, 0) is 30.2 Å². The summed E-state index contributed by atoms with van der Waals surface area (Å²) < 4.78 is 26.0. The molecule has 0 radical (unpaired) electrons. The molecule has 0 aromatic heterocycles. The molecule has 106 valence electrons. The van der Waals surface area contributed by atoms with Gasteiger partial charge >= 0.3 is 0 Å². The second-order valence-corrected chi connectivity index (χ2v) is 5.81. The molecule has 0 bridgehead atoms. The van der Waals surface area contributed by atoms with Gasteiger partial charge in [-0.15, -0.1) is 0 Å². The van der Waals surface area contributed by atoms with Crippen LogP contribution in [0.5, 0.6) is 0 Å². The summed E-state index contributed by atoms with van der Waals surface area (Å²) in [6.45, 7) is 2.06. The van der Waals surface area contributed by atoms with Crippen LogP contribution in [0, 0.1) is 18.6 Å². The number of benzene rings is 2. The topological polar surface area (TPSA) is 26.0 Å². The molecule has 4 heteroatoms. The Labute approximate surface area is 122 Å². The Hall–Kier alpha value is -1.39. The molecule has 0 aliphatic carbocycles. The number of rotatable bonds is 5. The first-order valence-electron chi connectivity index (χ1n) is 6.40. The summed E-state index contributed by atoms with van der Waals surface area (Å²) in [4.78, 5) is 0. The van der Waals surface area contributed by atoms with Crippen molar-refractivity contribution < 1.29 is 8.78 Å². The Morgan fingerprint density at radius 2 is 1.90 bits per heavy atom. The van der Waals surface area contributed by atoms with E-state index in [1.54, 1.807) is 11.8 Å². The van der Waals surface area contributed by atoms with Crippen LogP contribution in [-0.2, 0) is 5.75 Å². The predicted molar refractivity (Wildman–Crippen MR) is 80.6 cm³/mol. The Balaban J connectivity index is 1.88. The molecule has 0 fully saturated rings. The second-order valence-electron chi connectivity index (χ2n) is 4.78. The molecular formula is C16H17F2NS. The van der Waals surface area contributed by atoms with Gasteiger partial charge in [-0.25, -0.2) is 8.78 Å². The second kappa shape index (κ2) is 6.86. The van der Waals surface area contributed by atoms with Crippen molar-refractivity contribution in [3.8, 4) is 0 Å². The van der Waals surface area contributed by atoms with E-state index in [9.17, 15) is 8.78 Å². The molecule has 2 aromatic rings. The molecule has 0 aliphatic heterocycles. The zero-order valence-corrected chi connectivity index (χ0v) is 12.1. The van der Waals surface area contributed by atoms with Crippen LogP contribution in [0.15, 0.2) is 42.5 Å². The van der Waals surface area contributed by atoms with E-state index in [0.717, 1.165) is 11.8 Å². The van der Waals surface area contributed by atoms with Gasteiger partial charge in [-0.2, -0.15) is 11.8 Å². The first-order valence-corrected chi connectivity index (χ1v) is 7.55. The van der Waals surface area contributed by atoms with Crippen molar-refractivity contribution in [3.63, 3.8) is 0 Å². The van der Waals surface area contributed by atoms with Gasteiger partial charge in [0.1, 0.15) is 0 Å². The lowest BCUT2D eigenvalue weighted by Crippen LogP contribution is -2.13. The highest BCUT2D eigenvalue weighted by atomic mass is 32.2. The molecule has 2 aromatic carbocycles. The zero-order chi connectivity index (χ0) is 14.5. The lowest BCUT2D eigenvalue weighted by molar-refractivity contribution is 0.506. The average molecular weight is 293 g/mol. The summed E-state index contributed by atoms with van der Waals surface area (Å²) in [5, 5.41) is 0. The van der Waals surface area contributed by atoms with Crippen LogP contribution < -0.4 is 5.73 Å². The minimum Gasteiger partial charge on any atom is -0.323 e.